The summed E-state index contributed by atoms with van der Waals surface area (Å²) >= 11 is 1.35. The summed E-state index contributed by atoms with van der Waals surface area (Å²) in [6.45, 7) is 0.288. The molecule has 0 aliphatic rings. The molecule has 0 aliphatic carbocycles. The SMILES string of the molecule is O=S(=O)(CCCOc1ccccc1)Nc1cc(Sc2cccc3cccnc23)c(O)c2ccccc12. The van der Waals surface area contributed by atoms with Crippen LogP contribution in [0, 0.1) is 0 Å². The molecule has 0 atom stereocenters. The molecule has 0 unspecified atom stereocenters. The third-order valence-corrected chi connectivity index (χ3v) is 8.07. The minimum absolute atomic E-state index is 0.0925. The van der Waals surface area contributed by atoms with Gasteiger partial charge < -0.3 is 9.84 Å². The standard InChI is InChI=1S/C28H24N2O4S2/c31-28-23-14-5-4-13-22(23)24(30-36(32,33)18-8-17-34-21-11-2-1-3-12-21)19-26(28)35-25-15-6-9-20-10-7-16-29-27(20)25/h1-7,9-16,19,30-31H,8,17-18H2. The first-order valence-electron chi connectivity index (χ1n) is 11.4. The second-order valence-electron chi connectivity index (χ2n) is 8.19. The Labute approximate surface area is 214 Å². The lowest BCUT2D eigenvalue weighted by Gasteiger charge is -2.15. The highest BCUT2D eigenvalue weighted by molar-refractivity contribution is 7.99. The van der Waals surface area contributed by atoms with Crippen molar-refractivity contribution in [3.63, 3.8) is 0 Å². The summed E-state index contributed by atoms with van der Waals surface area (Å²) in [5.74, 6) is 0.713. The molecular formula is C28H24N2O4S2. The average molecular weight is 517 g/mol. The largest absolute Gasteiger partial charge is 0.506 e. The van der Waals surface area contributed by atoms with Crippen LogP contribution in [0.2, 0.25) is 0 Å². The molecule has 0 spiro atoms. The molecule has 2 N–H and O–H groups in total. The number of sulfonamides is 1. The molecule has 0 amide bonds. The summed E-state index contributed by atoms with van der Waals surface area (Å²) in [5.41, 5.74) is 1.24. The van der Waals surface area contributed by atoms with Gasteiger partial charge in [-0.3, -0.25) is 9.71 Å². The van der Waals surface area contributed by atoms with Gasteiger partial charge in [-0.1, -0.05) is 72.4 Å². The molecule has 1 aromatic heterocycles. The highest BCUT2D eigenvalue weighted by Crippen LogP contribution is 2.44. The monoisotopic (exact) mass is 516 g/mol. The predicted octanol–water partition coefficient (Wildman–Crippen LogP) is 6.46. The maximum absolute atomic E-state index is 12.9. The van der Waals surface area contributed by atoms with E-state index < -0.39 is 10.0 Å². The van der Waals surface area contributed by atoms with Crippen molar-refractivity contribution in [2.24, 2.45) is 0 Å². The molecular weight excluding hydrogens is 492 g/mol. The summed E-state index contributed by atoms with van der Waals surface area (Å²) in [4.78, 5) is 5.89. The van der Waals surface area contributed by atoms with E-state index in [0.29, 0.717) is 33.5 Å². The van der Waals surface area contributed by atoms with Crippen LogP contribution in [-0.4, -0.2) is 30.9 Å². The van der Waals surface area contributed by atoms with Crippen LogP contribution in [-0.2, 0) is 10.0 Å². The van der Waals surface area contributed by atoms with Gasteiger partial charge in [-0.05, 0) is 36.8 Å². The number of rotatable bonds is 9. The minimum atomic E-state index is -3.65. The maximum atomic E-state index is 12.9. The Morgan fingerprint density at radius 1 is 0.861 bits per heavy atom. The number of hydrogen-bond acceptors (Lipinski definition) is 6. The van der Waals surface area contributed by atoms with Crippen LogP contribution in [0.1, 0.15) is 6.42 Å². The lowest BCUT2D eigenvalue weighted by atomic mass is 10.1. The molecule has 0 saturated heterocycles. The number of aromatic nitrogens is 1. The smallest absolute Gasteiger partial charge is 0.232 e. The number of anilines is 1. The van der Waals surface area contributed by atoms with Crippen molar-refractivity contribution in [1.82, 2.24) is 4.98 Å². The van der Waals surface area contributed by atoms with Gasteiger partial charge in [0.15, 0.2) is 0 Å². The Hall–Kier alpha value is -3.75. The van der Waals surface area contributed by atoms with E-state index in [1.165, 1.54) is 11.8 Å². The van der Waals surface area contributed by atoms with Gasteiger partial charge in [0.25, 0.3) is 0 Å². The van der Waals surface area contributed by atoms with E-state index in [0.717, 1.165) is 15.8 Å². The summed E-state index contributed by atoms with van der Waals surface area (Å²) in [7, 11) is -3.65. The number of aromatic hydroxyl groups is 1. The Bertz CT molecular complexity index is 1620. The molecule has 5 aromatic rings. The van der Waals surface area contributed by atoms with Gasteiger partial charge in [-0.25, -0.2) is 8.42 Å². The first kappa shape index (κ1) is 24.0. The van der Waals surface area contributed by atoms with E-state index in [-0.39, 0.29) is 18.1 Å². The topological polar surface area (TPSA) is 88.5 Å². The fraction of sp³-hybridized carbons (Fsp3) is 0.107. The number of ether oxygens (including phenoxy) is 1. The lowest BCUT2D eigenvalue weighted by molar-refractivity contribution is 0.318. The molecule has 0 saturated carbocycles. The van der Waals surface area contributed by atoms with Crippen molar-refractivity contribution in [2.45, 2.75) is 16.2 Å². The molecule has 0 fully saturated rings. The molecule has 0 aliphatic heterocycles. The van der Waals surface area contributed by atoms with Crippen molar-refractivity contribution in [3.8, 4) is 11.5 Å². The molecule has 8 heteroatoms. The third-order valence-electron chi connectivity index (χ3n) is 5.63. The van der Waals surface area contributed by atoms with Gasteiger partial charge >= 0.3 is 0 Å². The fourth-order valence-electron chi connectivity index (χ4n) is 3.95. The number of benzene rings is 4. The van der Waals surface area contributed by atoms with Crippen LogP contribution >= 0.6 is 11.8 Å². The molecule has 0 bridgehead atoms. The molecule has 36 heavy (non-hydrogen) atoms. The number of nitrogens with one attached hydrogen (secondary N) is 1. The molecule has 5 rings (SSSR count). The van der Waals surface area contributed by atoms with E-state index in [4.69, 9.17) is 4.74 Å². The van der Waals surface area contributed by atoms with Crippen molar-refractivity contribution in [3.05, 3.63) is 97.2 Å². The summed E-state index contributed by atoms with van der Waals surface area (Å²) in [6.07, 6.45) is 2.07. The van der Waals surface area contributed by atoms with Crippen LogP contribution in [0.4, 0.5) is 5.69 Å². The van der Waals surface area contributed by atoms with Crippen molar-refractivity contribution >= 4 is 49.1 Å². The second kappa shape index (κ2) is 10.5. The molecule has 4 aromatic carbocycles. The number of hydrogen-bond donors (Lipinski definition) is 2. The zero-order valence-corrected chi connectivity index (χ0v) is 20.9. The van der Waals surface area contributed by atoms with Crippen LogP contribution < -0.4 is 9.46 Å². The van der Waals surface area contributed by atoms with Gasteiger partial charge in [0.05, 0.1) is 28.5 Å². The van der Waals surface area contributed by atoms with Crippen LogP contribution in [0.25, 0.3) is 21.7 Å². The minimum Gasteiger partial charge on any atom is -0.506 e. The van der Waals surface area contributed by atoms with E-state index in [1.807, 2.05) is 72.8 Å². The van der Waals surface area contributed by atoms with Crippen LogP contribution in [0.5, 0.6) is 11.5 Å². The summed E-state index contributed by atoms with van der Waals surface area (Å²) in [5, 5.41) is 13.2. The van der Waals surface area contributed by atoms with Gasteiger partial charge in [0.1, 0.15) is 11.5 Å². The predicted molar refractivity (Wildman–Crippen MR) is 145 cm³/mol. The number of phenolic OH excluding ortho intramolecular Hbond substituents is 1. The Balaban J connectivity index is 1.40. The number of pyridine rings is 1. The van der Waals surface area contributed by atoms with Gasteiger partial charge in [0, 0.05) is 27.3 Å². The zero-order valence-electron chi connectivity index (χ0n) is 19.3. The third kappa shape index (κ3) is 5.40. The molecule has 6 nitrogen and oxygen atoms in total. The zero-order chi connectivity index (χ0) is 25.0. The van der Waals surface area contributed by atoms with E-state index in [9.17, 15) is 13.5 Å². The lowest BCUT2D eigenvalue weighted by Crippen LogP contribution is -2.18. The number of nitrogens with zero attached hydrogens (tertiary/aromatic N) is 1. The first-order valence-corrected chi connectivity index (χ1v) is 13.9. The Kier molecular flexibility index (Phi) is 6.97. The first-order chi connectivity index (χ1) is 17.5. The number of para-hydroxylation sites is 2. The summed E-state index contributed by atoms with van der Waals surface area (Å²) in [6, 6.07) is 27.9. The van der Waals surface area contributed by atoms with E-state index in [1.54, 1.807) is 24.4 Å². The van der Waals surface area contributed by atoms with E-state index in [2.05, 4.69) is 9.71 Å². The Morgan fingerprint density at radius 2 is 1.61 bits per heavy atom. The maximum Gasteiger partial charge on any atom is 0.232 e. The summed E-state index contributed by atoms with van der Waals surface area (Å²) < 4.78 is 34.2. The quantitative estimate of drug-likeness (QED) is 0.173. The van der Waals surface area contributed by atoms with Crippen LogP contribution in [0.15, 0.2) is 107 Å². The van der Waals surface area contributed by atoms with Crippen molar-refractivity contribution < 1.29 is 18.3 Å². The van der Waals surface area contributed by atoms with Gasteiger partial charge in [0.2, 0.25) is 10.0 Å². The van der Waals surface area contributed by atoms with Crippen LogP contribution in [0.3, 0.4) is 0 Å². The molecule has 182 valence electrons. The van der Waals surface area contributed by atoms with Crippen molar-refractivity contribution in [2.75, 3.05) is 17.1 Å². The van der Waals surface area contributed by atoms with E-state index >= 15 is 0 Å². The highest BCUT2D eigenvalue weighted by Gasteiger charge is 2.18. The van der Waals surface area contributed by atoms with Gasteiger partial charge in [-0.2, -0.15) is 0 Å². The number of fused-ring (bicyclic) bond motifs is 2. The average Bonchev–Trinajstić information content (AvgIpc) is 2.90. The highest BCUT2D eigenvalue weighted by atomic mass is 32.2. The number of phenols is 1. The fourth-order valence-corrected chi connectivity index (χ4v) is 6.09. The second-order valence-corrected chi connectivity index (χ2v) is 11.1. The molecule has 0 radical (unpaired) electrons. The molecule has 1 heterocycles. The Morgan fingerprint density at radius 3 is 2.44 bits per heavy atom. The normalized spacial score (nSPS) is 11.6. The van der Waals surface area contributed by atoms with Gasteiger partial charge in [-0.15, -0.1) is 0 Å². The van der Waals surface area contributed by atoms with Crippen molar-refractivity contribution in [1.29, 1.82) is 0 Å².